The van der Waals surface area contributed by atoms with Crippen molar-refractivity contribution in [3.8, 4) is 5.75 Å². The second-order valence-corrected chi connectivity index (χ2v) is 7.57. The maximum atomic E-state index is 12.3. The van der Waals surface area contributed by atoms with E-state index in [0.717, 1.165) is 12.2 Å². The highest BCUT2D eigenvalue weighted by molar-refractivity contribution is 7.80. The Morgan fingerprint density at radius 1 is 1.04 bits per heavy atom. The van der Waals surface area contributed by atoms with Gasteiger partial charge in [-0.05, 0) is 61.1 Å². The van der Waals surface area contributed by atoms with Gasteiger partial charge in [0, 0.05) is 10.6 Å². The zero-order chi connectivity index (χ0) is 20.4. The van der Waals surface area contributed by atoms with Crippen LogP contribution in [0.4, 0.5) is 5.69 Å². The van der Waals surface area contributed by atoms with Crippen molar-refractivity contribution in [2.45, 2.75) is 39.0 Å². The van der Waals surface area contributed by atoms with Crippen LogP contribution in [0.2, 0.25) is 10.0 Å². The van der Waals surface area contributed by atoms with E-state index >= 15 is 0 Å². The molecule has 0 atom stereocenters. The molecule has 0 saturated heterocycles. The fourth-order valence-corrected chi connectivity index (χ4v) is 3.18. The minimum Gasteiger partial charge on any atom is -0.494 e. The van der Waals surface area contributed by atoms with E-state index in [0.29, 0.717) is 27.9 Å². The molecule has 2 rings (SSSR count). The van der Waals surface area contributed by atoms with Gasteiger partial charge in [-0.1, -0.05) is 55.8 Å². The minimum atomic E-state index is -0.311. The number of unbranched alkanes of at least 4 members (excludes halogenated alkanes) is 4. The smallest absolute Gasteiger partial charge is 0.257 e. The summed E-state index contributed by atoms with van der Waals surface area (Å²) in [4.78, 5) is 12.3. The molecule has 1 amide bonds. The predicted octanol–water partition coefficient (Wildman–Crippen LogP) is 6.47. The van der Waals surface area contributed by atoms with Crippen LogP contribution in [0, 0.1) is 0 Å². The molecule has 2 N–H and O–H groups in total. The summed E-state index contributed by atoms with van der Waals surface area (Å²) in [7, 11) is 0. The largest absolute Gasteiger partial charge is 0.494 e. The van der Waals surface area contributed by atoms with Crippen LogP contribution >= 0.6 is 35.4 Å². The quantitative estimate of drug-likeness (QED) is 0.347. The third-order valence-electron chi connectivity index (χ3n) is 4.04. The Hall–Kier alpha value is -1.82. The second kappa shape index (κ2) is 11.9. The first-order valence-electron chi connectivity index (χ1n) is 9.30. The Morgan fingerprint density at radius 2 is 1.75 bits per heavy atom. The SMILES string of the molecule is CCCCCCCOc1ccc(C(=O)NC(=S)Nc2ccc(Cl)cc2Cl)cc1. The number of carbonyl (C=O) groups excluding carboxylic acids is 1. The zero-order valence-electron chi connectivity index (χ0n) is 15.8. The highest BCUT2D eigenvalue weighted by Gasteiger charge is 2.10. The zero-order valence-corrected chi connectivity index (χ0v) is 18.1. The van der Waals surface area contributed by atoms with Gasteiger partial charge in [0.05, 0.1) is 17.3 Å². The summed E-state index contributed by atoms with van der Waals surface area (Å²) in [6.07, 6.45) is 5.96. The molecule has 0 aliphatic rings. The Bertz CT molecular complexity index is 797. The van der Waals surface area contributed by atoms with Crippen LogP contribution in [0.25, 0.3) is 0 Å². The predicted molar refractivity (Wildman–Crippen MR) is 121 cm³/mol. The van der Waals surface area contributed by atoms with E-state index in [9.17, 15) is 4.79 Å². The topological polar surface area (TPSA) is 50.4 Å². The van der Waals surface area contributed by atoms with Gasteiger partial charge in [-0.3, -0.25) is 10.1 Å². The van der Waals surface area contributed by atoms with Crippen LogP contribution in [-0.4, -0.2) is 17.6 Å². The van der Waals surface area contributed by atoms with Crippen molar-refractivity contribution in [3.05, 3.63) is 58.1 Å². The molecule has 0 unspecified atom stereocenters. The van der Waals surface area contributed by atoms with Gasteiger partial charge in [0.25, 0.3) is 5.91 Å². The monoisotopic (exact) mass is 438 g/mol. The molecule has 28 heavy (non-hydrogen) atoms. The Labute approximate surface area is 181 Å². The number of ether oxygens (including phenoxy) is 1. The molecule has 0 aliphatic heterocycles. The van der Waals surface area contributed by atoms with Crippen LogP contribution < -0.4 is 15.4 Å². The van der Waals surface area contributed by atoms with Gasteiger partial charge in [-0.2, -0.15) is 0 Å². The number of nitrogens with one attached hydrogen (secondary N) is 2. The fourth-order valence-electron chi connectivity index (χ4n) is 2.52. The first kappa shape index (κ1) is 22.5. The van der Waals surface area contributed by atoms with Gasteiger partial charge >= 0.3 is 0 Å². The van der Waals surface area contributed by atoms with E-state index in [-0.39, 0.29) is 11.0 Å². The molecule has 0 heterocycles. The first-order chi connectivity index (χ1) is 13.5. The molecule has 4 nitrogen and oxygen atoms in total. The molecule has 2 aromatic rings. The van der Waals surface area contributed by atoms with Gasteiger partial charge in [0.2, 0.25) is 0 Å². The van der Waals surface area contributed by atoms with Crippen molar-refractivity contribution in [2.75, 3.05) is 11.9 Å². The van der Waals surface area contributed by atoms with E-state index < -0.39 is 0 Å². The summed E-state index contributed by atoms with van der Waals surface area (Å²) in [5.41, 5.74) is 1.06. The number of hydrogen-bond donors (Lipinski definition) is 2. The van der Waals surface area contributed by atoms with Gasteiger partial charge in [-0.25, -0.2) is 0 Å². The average molecular weight is 439 g/mol. The molecular weight excluding hydrogens is 415 g/mol. The molecule has 0 aromatic heterocycles. The number of rotatable bonds is 9. The molecule has 0 saturated carbocycles. The summed E-state index contributed by atoms with van der Waals surface area (Å²) >= 11 is 17.1. The summed E-state index contributed by atoms with van der Waals surface area (Å²) in [6.45, 7) is 2.88. The number of carbonyl (C=O) groups is 1. The number of thiocarbonyl (C=S) groups is 1. The third-order valence-corrected chi connectivity index (χ3v) is 4.79. The number of halogens is 2. The number of benzene rings is 2. The van der Waals surface area contributed by atoms with Crippen LogP contribution in [0.3, 0.4) is 0 Å². The highest BCUT2D eigenvalue weighted by atomic mass is 35.5. The molecule has 0 bridgehead atoms. The van der Waals surface area contributed by atoms with Crippen molar-refractivity contribution < 1.29 is 9.53 Å². The van der Waals surface area contributed by atoms with Crippen molar-refractivity contribution in [3.63, 3.8) is 0 Å². The molecule has 0 aliphatic carbocycles. The van der Waals surface area contributed by atoms with Crippen molar-refractivity contribution in [2.24, 2.45) is 0 Å². The van der Waals surface area contributed by atoms with Gasteiger partial charge < -0.3 is 10.1 Å². The lowest BCUT2D eigenvalue weighted by Crippen LogP contribution is -2.34. The summed E-state index contributed by atoms with van der Waals surface area (Å²) in [5.74, 6) is 0.439. The lowest BCUT2D eigenvalue weighted by Gasteiger charge is -2.11. The van der Waals surface area contributed by atoms with Crippen molar-refractivity contribution >= 4 is 52.1 Å². The molecular formula is C21H24Cl2N2O2S. The normalized spacial score (nSPS) is 10.4. The van der Waals surface area contributed by atoms with Crippen LogP contribution in [0.15, 0.2) is 42.5 Å². The van der Waals surface area contributed by atoms with Gasteiger partial charge in [-0.15, -0.1) is 0 Å². The van der Waals surface area contributed by atoms with Crippen molar-refractivity contribution in [1.29, 1.82) is 0 Å². The Kier molecular flexibility index (Phi) is 9.55. The van der Waals surface area contributed by atoms with Gasteiger partial charge in [0.1, 0.15) is 5.75 Å². The molecule has 7 heteroatoms. The van der Waals surface area contributed by atoms with Crippen LogP contribution in [0.5, 0.6) is 5.75 Å². The van der Waals surface area contributed by atoms with Crippen LogP contribution in [-0.2, 0) is 0 Å². The maximum absolute atomic E-state index is 12.3. The van der Waals surface area contributed by atoms with Crippen LogP contribution in [0.1, 0.15) is 49.4 Å². The average Bonchev–Trinajstić information content (AvgIpc) is 2.67. The lowest BCUT2D eigenvalue weighted by atomic mass is 10.2. The number of amides is 1. The fraction of sp³-hybridized carbons (Fsp3) is 0.333. The summed E-state index contributed by atoms with van der Waals surface area (Å²) in [5, 5.41) is 6.60. The van der Waals surface area contributed by atoms with Gasteiger partial charge in [0.15, 0.2) is 5.11 Å². The second-order valence-electron chi connectivity index (χ2n) is 6.32. The molecule has 0 spiro atoms. The molecule has 0 fully saturated rings. The van der Waals surface area contributed by atoms with Crippen molar-refractivity contribution in [1.82, 2.24) is 5.32 Å². The minimum absolute atomic E-state index is 0.154. The molecule has 150 valence electrons. The Balaban J connectivity index is 1.79. The lowest BCUT2D eigenvalue weighted by molar-refractivity contribution is 0.0977. The number of hydrogen-bond acceptors (Lipinski definition) is 3. The molecule has 2 aromatic carbocycles. The van der Waals surface area contributed by atoms with E-state index in [2.05, 4.69) is 17.6 Å². The van der Waals surface area contributed by atoms with E-state index in [1.165, 1.54) is 25.7 Å². The molecule has 0 radical (unpaired) electrons. The van der Waals surface area contributed by atoms with E-state index in [4.69, 9.17) is 40.2 Å². The highest BCUT2D eigenvalue weighted by Crippen LogP contribution is 2.25. The summed E-state index contributed by atoms with van der Waals surface area (Å²) < 4.78 is 5.71. The first-order valence-corrected chi connectivity index (χ1v) is 10.5. The maximum Gasteiger partial charge on any atom is 0.257 e. The number of anilines is 1. The summed E-state index contributed by atoms with van der Waals surface area (Å²) in [6, 6.07) is 12.0. The standard InChI is InChI=1S/C21H24Cl2N2O2S/c1-2-3-4-5-6-13-27-17-10-7-15(8-11-17)20(26)25-21(28)24-19-12-9-16(22)14-18(19)23/h7-12,14H,2-6,13H2,1H3,(H2,24,25,26,28). The Morgan fingerprint density at radius 3 is 2.43 bits per heavy atom. The van der Waals surface area contributed by atoms with E-state index in [1.807, 2.05) is 0 Å². The third kappa shape index (κ3) is 7.66. The van der Waals surface area contributed by atoms with E-state index in [1.54, 1.807) is 42.5 Å².